The van der Waals surface area contributed by atoms with E-state index in [1.54, 1.807) is 6.92 Å². The zero-order chi connectivity index (χ0) is 18.2. The number of benzene rings is 1. The number of hydrogen-bond acceptors (Lipinski definition) is 3. The third-order valence-electron chi connectivity index (χ3n) is 5.35. The average molecular weight is 342 g/mol. The van der Waals surface area contributed by atoms with Crippen molar-refractivity contribution in [2.75, 3.05) is 6.61 Å². The number of nitriles is 1. The number of unbranched alkanes of at least 4 members (excludes halogenated alkanes) is 1. The van der Waals surface area contributed by atoms with Gasteiger partial charge in [-0.3, -0.25) is 4.79 Å². The number of carbonyl (C=O) groups is 1. The molecular formula is C20H23FN2O2. The smallest absolute Gasteiger partial charge is 0.318 e. The van der Waals surface area contributed by atoms with Crippen molar-refractivity contribution >= 4 is 16.9 Å². The van der Waals surface area contributed by atoms with E-state index >= 15 is 0 Å². The van der Waals surface area contributed by atoms with Crippen molar-refractivity contribution < 1.29 is 13.9 Å². The Balaban J connectivity index is 2.26. The average Bonchev–Trinajstić information content (AvgIpc) is 3.13. The third-order valence-corrected chi connectivity index (χ3v) is 5.35. The molecule has 0 radical (unpaired) electrons. The molecule has 1 heterocycles. The van der Waals surface area contributed by atoms with Crippen molar-refractivity contribution in [3.8, 4) is 6.07 Å². The molecule has 0 saturated carbocycles. The molecule has 1 aliphatic carbocycles. The van der Waals surface area contributed by atoms with Crippen LogP contribution in [0.2, 0.25) is 0 Å². The van der Waals surface area contributed by atoms with Crippen LogP contribution in [-0.2, 0) is 21.4 Å². The molecule has 1 aliphatic rings. The molecular weight excluding hydrogens is 319 g/mol. The van der Waals surface area contributed by atoms with Crippen molar-refractivity contribution in [3.63, 3.8) is 0 Å². The zero-order valence-corrected chi connectivity index (χ0v) is 15.0. The van der Waals surface area contributed by atoms with Crippen LogP contribution in [-0.4, -0.2) is 17.6 Å². The molecule has 0 amide bonds. The molecule has 4 nitrogen and oxygen atoms in total. The lowest BCUT2D eigenvalue weighted by molar-refractivity contribution is -0.150. The first-order valence-electron chi connectivity index (χ1n) is 8.91. The Morgan fingerprint density at radius 2 is 2.24 bits per heavy atom. The molecule has 1 aromatic carbocycles. The van der Waals surface area contributed by atoms with Crippen molar-refractivity contribution in [1.29, 1.82) is 5.26 Å². The molecule has 1 atom stereocenters. The molecule has 0 aliphatic heterocycles. The number of ether oxygens (including phenoxy) is 1. The number of hydrogen-bond donors (Lipinski definition) is 1. The summed E-state index contributed by atoms with van der Waals surface area (Å²) in [4.78, 5) is 16.2. The number of esters is 1. The van der Waals surface area contributed by atoms with Gasteiger partial charge in [0, 0.05) is 11.1 Å². The number of nitrogens with one attached hydrogen (secondary N) is 1. The number of carbonyl (C=O) groups excluding carboxylic acids is 1. The van der Waals surface area contributed by atoms with Crippen molar-refractivity contribution in [3.05, 3.63) is 34.3 Å². The maximum Gasteiger partial charge on any atom is 0.318 e. The first-order chi connectivity index (χ1) is 12.0. The minimum absolute atomic E-state index is 0.0632. The van der Waals surface area contributed by atoms with Crippen LogP contribution in [0.4, 0.5) is 4.39 Å². The summed E-state index contributed by atoms with van der Waals surface area (Å²) in [5.74, 6) is -0.720. The van der Waals surface area contributed by atoms with E-state index in [0.717, 1.165) is 35.2 Å². The summed E-state index contributed by atoms with van der Waals surface area (Å²) in [6.45, 7) is 6.04. The van der Waals surface area contributed by atoms with Gasteiger partial charge >= 0.3 is 5.97 Å². The van der Waals surface area contributed by atoms with E-state index < -0.39 is 11.2 Å². The van der Waals surface area contributed by atoms with Crippen molar-refractivity contribution in [1.82, 2.24) is 4.98 Å². The summed E-state index contributed by atoms with van der Waals surface area (Å²) < 4.78 is 19.7. The number of fused-ring (bicyclic) bond motifs is 3. The number of rotatable bonds is 5. The maximum absolute atomic E-state index is 14.3. The molecule has 0 bridgehead atoms. The topological polar surface area (TPSA) is 65.9 Å². The second kappa shape index (κ2) is 6.51. The second-order valence-corrected chi connectivity index (χ2v) is 6.80. The molecule has 25 heavy (non-hydrogen) atoms. The van der Waals surface area contributed by atoms with Crippen LogP contribution in [0.15, 0.2) is 6.07 Å². The molecule has 1 unspecified atom stereocenters. The highest BCUT2D eigenvalue weighted by atomic mass is 19.1. The van der Waals surface area contributed by atoms with Crippen LogP contribution in [0.5, 0.6) is 0 Å². The monoisotopic (exact) mass is 342 g/mol. The largest absolute Gasteiger partial charge is 0.465 e. The number of H-pyrrole nitrogens is 1. The number of aryl methyl sites for hydroxylation is 2. The second-order valence-electron chi connectivity index (χ2n) is 6.80. The maximum atomic E-state index is 14.3. The van der Waals surface area contributed by atoms with E-state index in [1.807, 2.05) is 13.0 Å². The van der Waals surface area contributed by atoms with E-state index in [9.17, 15) is 14.4 Å². The molecule has 0 spiro atoms. The van der Waals surface area contributed by atoms with Crippen LogP contribution in [0, 0.1) is 24.1 Å². The summed E-state index contributed by atoms with van der Waals surface area (Å²) in [5, 5.41) is 10.1. The molecule has 5 heteroatoms. The van der Waals surface area contributed by atoms with Crippen LogP contribution < -0.4 is 0 Å². The SMILES string of the molecule is CCCCC1(C(=O)OCC)CCc2c1[nH]c1c(C)cc(F)c(C#N)c21. The number of aromatic nitrogens is 1. The summed E-state index contributed by atoms with van der Waals surface area (Å²) >= 11 is 0. The van der Waals surface area contributed by atoms with Crippen LogP contribution >= 0.6 is 0 Å². The van der Waals surface area contributed by atoms with E-state index in [-0.39, 0.29) is 11.5 Å². The highest BCUT2D eigenvalue weighted by Gasteiger charge is 2.48. The van der Waals surface area contributed by atoms with Gasteiger partial charge in [0.15, 0.2) is 0 Å². The fourth-order valence-electron chi connectivity index (χ4n) is 4.10. The first kappa shape index (κ1) is 17.5. The van der Waals surface area contributed by atoms with Gasteiger partial charge in [-0.05, 0) is 50.3 Å². The molecule has 3 rings (SSSR count). The van der Waals surface area contributed by atoms with Crippen molar-refractivity contribution in [2.45, 2.75) is 58.3 Å². The molecule has 2 aromatic rings. The van der Waals surface area contributed by atoms with E-state index in [1.165, 1.54) is 6.07 Å². The van der Waals surface area contributed by atoms with Gasteiger partial charge in [-0.1, -0.05) is 19.8 Å². The van der Waals surface area contributed by atoms with Gasteiger partial charge in [0.05, 0.1) is 17.7 Å². The fraction of sp³-hybridized carbons (Fsp3) is 0.500. The van der Waals surface area contributed by atoms with Gasteiger partial charge in [0.1, 0.15) is 17.3 Å². The van der Waals surface area contributed by atoms with E-state index in [4.69, 9.17) is 4.74 Å². The lowest BCUT2D eigenvalue weighted by Crippen LogP contribution is -2.36. The lowest BCUT2D eigenvalue weighted by atomic mass is 9.80. The molecule has 132 valence electrons. The van der Waals surface area contributed by atoms with Crippen molar-refractivity contribution in [2.24, 2.45) is 0 Å². The molecule has 0 saturated heterocycles. The Kier molecular flexibility index (Phi) is 4.55. The third kappa shape index (κ3) is 2.52. The van der Waals surface area contributed by atoms with Gasteiger partial charge in [-0.2, -0.15) is 5.26 Å². The normalized spacial score (nSPS) is 19.0. The van der Waals surface area contributed by atoms with Crippen LogP contribution in [0.3, 0.4) is 0 Å². The highest BCUT2D eigenvalue weighted by molar-refractivity contribution is 5.96. The van der Waals surface area contributed by atoms with Gasteiger partial charge < -0.3 is 9.72 Å². The van der Waals surface area contributed by atoms with Crippen LogP contribution in [0.1, 0.15) is 61.9 Å². The standard InChI is InChI=1S/C20H23FN2O2/c1-4-6-8-20(19(24)25-5-2)9-7-13-16-14(11-22)15(21)10-12(3)17(16)23-18(13)20/h10,23H,4-9H2,1-3H3. The minimum atomic E-state index is -0.712. The molecule has 0 fully saturated rings. The minimum Gasteiger partial charge on any atom is -0.465 e. The summed E-state index contributed by atoms with van der Waals surface area (Å²) in [5.41, 5.74) is 2.57. The molecule has 1 aromatic heterocycles. The fourth-order valence-corrected chi connectivity index (χ4v) is 4.10. The van der Waals surface area contributed by atoms with Gasteiger partial charge in [-0.25, -0.2) is 4.39 Å². The van der Waals surface area contributed by atoms with Gasteiger partial charge in [0.25, 0.3) is 0 Å². The summed E-state index contributed by atoms with van der Waals surface area (Å²) in [6.07, 6.45) is 3.88. The van der Waals surface area contributed by atoms with Gasteiger partial charge in [-0.15, -0.1) is 0 Å². The quantitative estimate of drug-likeness (QED) is 0.818. The summed E-state index contributed by atoms with van der Waals surface area (Å²) in [7, 11) is 0. The van der Waals surface area contributed by atoms with E-state index in [2.05, 4.69) is 11.9 Å². The first-order valence-corrected chi connectivity index (χ1v) is 8.91. The van der Waals surface area contributed by atoms with E-state index in [0.29, 0.717) is 31.3 Å². The molecule has 1 N–H and O–H groups in total. The lowest BCUT2D eigenvalue weighted by Gasteiger charge is -2.27. The zero-order valence-electron chi connectivity index (χ0n) is 15.0. The number of halogens is 1. The predicted octanol–water partition coefficient (Wildman–Crippen LogP) is 4.42. The van der Waals surface area contributed by atoms with Crippen LogP contribution in [0.25, 0.3) is 10.9 Å². The Bertz CT molecular complexity index is 878. The summed E-state index contributed by atoms with van der Waals surface area (Å²) in [6, 6.07) is 3.37. The highest BCUT2D eigenvalue weighted by Crippen LogP contribution is 2.47. The Morgan fingerprint density at radius 1 is 1.48 bits per heavy atom. The number of nitrogens with zero attached hydrogens (tertiary/aromatic N) is 1. The Labute approximate surface area is 147 Å². The Morgan fingerprint density at radius 3 is 2.88 bits per heavy atom. The Hall–Kier alpha value is -2.35. The van der Waals surface area contributed by atoms with Gasteiger partial charge in [0.2, 0.25) is 0 Å². The number of aromatic amines is 1. The predicted molar refractivity (Wildman–Crippen MR) is 93.9 cm³/mol.